The number of likely N-dealkylation sites (tertiary alicyclic amines) is 2. The van der Waals surface area contributed by atoms with Crippen molar-refractivity contribution in [2.45, 2.75) is 12.0 Å². The molecule has 1 aromatic heterocycles. The first-order valence-electron chi connectivity index (χ1n) is 9.61. The minimum Gasteiger partial charge on any atom is -0.487 e. The molecule has 2 saturated heterocycles. The summed E-state index contributed by atoms with van der Waals surface area (Å²) in [6.45, 7) is 2.61. The average Bonchev–Trinajstić information content (AvgIpc) is 2.65. The van der Waals surface area contributed by atoms with Crippen LogP contribution >= 0.6 is 0 Å². The number of carbonyl (C=O) groups is 2. The summed E-state index contributed by atoms with van der Waals surface area (Å²) < 4.78 is 10.7. The van der Waals surface area contributed by atoms with Gasteiger partial charge in [0.1, 0.15) is 18.5 Å². The van der Waals surface area contributed by atoms with E-state index in [4.69, 9.17) is 9.47 Å². The van der Waals surface area contributed by atoms with Crippen molar-refractivity contribution >= 4 is 17.6 Å². The number of nitrogens with one attached hydrogen (secondary N) is 1. The predicted octanol–water partition coefficient (Wildman–Crippen LogP) is 1.95. The van der Waals surface area contributed by atoms with Gasteiger partial charge in [-0.2, -0.15) is 0 Å². The second kappa shape index (κ2) is 8.48. The maximum absolute atomic E-state index is 12.4. The van der Waals surface area contributed by atoms with Crippen LogP contribution in [-0.2, 0) is 9.53 Å². The first-order chi connectivity index (χ1) is 14.1. The lowest BCUT2D eigenvalue weighted by Crippen LogP contribution is -2.57. The van der Waals surface area contributed by atoms with Crippen LogP contribution in [0.5, 0.6) is 5.75 Å². The van der Waals surface area contributed by atoms with E-state index in [1.165, 1.54) is 7.11 Å². The van der Waals surface area contributed by atoms with Crippen molar-refractivity contribution in [2.24, 2.45) is 0 Å². The molecule has 2 aliphatic heterocycles. The Morgan fingerprint density at radius 1 is 1.10 bits per heavy atom. The molecule has 4 rings (SSSR count). The summed E-state index contributed by atoms with van der Waals surface area (Å²) in [4.78, 5) is 31.6. The standard InChI is InChI=1S/C21H24N4O4/c1-28-14-20(26)24-12-19(13-24)29-18-6-4-17(5-7-18)23-21(27)25-10-16(11-25)15-3-2-8-22-9-15/h2-9,16,19H,10-14H2,1H3,(H,23,27). The second-order valence-corrected chi connectivity index (χ2v) is 7.31. The lowest BCUT2D eigenvalue weighted by Gasteiger charge is -2.39. The van der Waals surface area contributed by atoms with Gasteiger partial charge in [0.2, 0.25) is 5.91 Å². The Kier molecular flexibility index (Phi) is 5.62. The van der Waals surface area contributed by atoms with E-state index in [2.05, 4.69) is 10.3 Å². The fourth-order valence-corrected chi connectivity index (χ4v) is 3.42. The van der Waals surface area contributed by atoms with Crippen molar-refractivity contribution in [1.29, 1.82) is 0 Å². The van der Waals surface area contributed by atoms with Gasteiger partial charge in [0.25, 0.3) is 0 Å². The van der Waals surface area contributed by atoms with Crippen LogP contribution in [0.3, 0.4) is 0 Å². The zero-order valence-corrected chi connectivity index (χ0v) is 16.3. The van der Waals surface area contributed by atoms with Crippen LogP contribution in [0.15, 0.2) is 48.8 Å². The summed E-state index contributed by atoms with van der Waals surface area (Å²) in [5, 5.41) is 2.91. The van der Waals surface area contributed by atoms with E-state index < -0.39 is 0 Å². The lowest BCUT2D eigenvalue weighted by atomic mass is 9.93. The van der Waals surface area contributed by atoms with Crippen LogP contribution < -0.4 is 10.1 Å². The average molecular weight is 396 g/mol. The molecule has 152 valence electrons. The lowest BCUT2D eigenvalue weighted by molar-refractivity contribution is -0.143. The summed E-state index contributed by atoms with van der Waals surface area (Å²) in [6.07, 6.45) is 3.59. The first-order valence-corrected chi connectivity index (χ1v) is 9.61. The van der Waals surface area contributed by atoms with E-state index in [0.717, 1.165) is 11.3 Å². The Hall–Kier alpha value is -3.13. The van der Waals surface area contributed by atoms with Gasteiger partial charge in [-0.3, -0.25) is 9.78 Å². The maximum atomic E-state index is 12.4. The molecule has 2 fully saturated rings. The summed E-state index contributed by atoms with van der Waals surface area (Å²) in [5.74, 6) is 1.04. The second-order valence-electron chi connectivity index (χ2n) is 7.31. The third-order valence-electron chi connectivity index (χ3n) is 5.20. The highest BCUT2D eigenvalue weighted by Crippen LogP contribution is 2.27. The Morgan fingerprint density at radius 3 is 2.52 bits per heavy atom. The van der Waals surface area contributed by atoms with Gasteiger partial charge in [-0.05, 0) is 35.9 Å². The summed E-state index contributed by atoms with van der Waals surface area (Å²) in [6, 6.07) is 11.1. The van der Waals surface area contributed by atoms with Crippen molar-refractivity contribution in [3.05, 3.63) is 54.4 Å². The van der Waals surface area contributed by atoms with Gasteiger partial charge in [0, 0.05) is 44.2 Å². The van der Waals surface area contributed by atoms with E-state index in [1.807, 2.05) is 42.6 Å². The molecular formula is C21H24N4O4. The fourth-order valence-electron chi connectivity index (χ4n) is 3.42. The quantitative estimate of drug-likeness (QED) is 0.807. The molecule has 2 aromatic rings. The Labute approximate surface area is 169 Å². The third-order valence-corrected chi connectivity index (χ3v) is 5.20. The number of ether oxygens (including phenoxy) is 2. The maximum Gasteiger partial charge on any atom is 0.321 e. The number of aromatic nitrogens is 1. The number of benzene rings is 1. The van der Waals surface area contributed by atoms with Gasteiger partial charge in [-0.1, -0.05) is 6.07 Å². The third kappa shape index (κ3) is 4.48. The first kappa shape index (κ1) is 19.2. The predicted molar refractivity (Wildman–Crippen MR) is 107 cm³/mol. The number of pyridine rings is 1. The molecule has 8 heteroatoms. The number of rotatable bonds is 6. The van der Waals surface area contributed by atoms with E-state index in [-0.39, 0.29) is 24.6 Å². The van der Waals surface area contributed by atoms with E-state index >= 15 is 0 Å². The molecule has 1 N–H and O–H groups in total. The number of methoxy groups -OCH3 is 1. The molecule has 8 nitrogen and oxygen atoms in total. The molecule has 0 atom stereocenters. The number of urea groups is 1. The molecule has 3 heterocycles. The number of anilines is 1. The van der Waals surface area contributed by atoms with Gasteiger partial charge in [-0.25, -0.2) is 4.79 Å². The largest absolute Gasteiger partial charge is 0.487 e. The van der Waals surface area contributed by atoms with Crippen LogP contribution in [0.2, 0.25) is 0 Å². The molecule has 0 aliphatic carbocycles. The topological polar surface area (TPSA) is 84.0 Å². The highest BCUT2D eigenvalue weighted by Gasteiger charge is 2.33. The Balaban J connectivity index is 1.20. The minimum absolute atomic E-state index is 0.0123. The van der Waals surface area contributed by atoms with Gasteiger partial charge in [0.15, 0.2) is 0 Å². The summed E-state index contributed by atoms with van der Waals surface area (Å²) in [7, 11) is 1.51. The smallest absolute Gasteiger partial charge is 0.321 e. The highest BCUT2D eigenvalue weighted by atomic mass is 16.5. The van der Waals surface area contributed by atoms with Crippen LogP contribution in [0.1, 0.15) is 11.5 Å². The normalized spacial score (nSPS) is 16.7. The molecular weight excluding hydrogens is 372 g/mol. The van der Waals surface area contributed by atoms with Gasteiger partial charge < -0.3 is 24.6 Å². The van der Waals surface area contributed by atoms with Crippen LogP contribution in [0, 0.1) is 0 Å². The van der Waals surface area contributed by atoms with Crippen molar-refractivity contribution in [3.8, 4) is 5.75 Å². The van der Waals surface area contributed by atoms with E-state index in [9.17, 15) is 9.59 Å². The van der Waals surface area contributed by atoms with E-state index in [0.29, 0.717) is 37.8 Å². The molecule has 0 saturated carbocycles. The molecule has 0 spiro atoms. The molecule has 2 aliphatic rings. The van der Waals surface area contributed by atoms with Gasteiger partial charge >= 0.3 is 6.03 Å². The Bertz CT molecular complexity index is 847. The van der Waals surface area contributed by atoms with Gasteiger partial charge in [0.05, 0.1) is 13.1 Å². The molecule has 3 amide bonds. The SMILES string of the molecule is COCC(=O)N1CC(Oc2ccc(NC(=O)N3CC(c4cccnc4)C3)cc2)C1. The highest BCUT2D eigenvalue weighted by molar-refractivity contribution is 5.90. The van der Waals surface area contributed by atoms with Crippen molar-refractivity contribution in [3.63, 3.8) is 0 Å². The summed E-state index contributed by atoms with van der Waals surface area (Å²) >= 11 is 0. The monoisotopic (exact) mass is 396 g/mol. The summed E-state index contributed by atoms with van der Waals surface area (Å²) in [5.41, 5.74) is 1.88. The number of amides is 3. The fraction of sp³-hybridized carbons (Fsp3) is 0.381. The van der Waals surface area contributed by atoms with Crippen molar-refractivity contribution < 1.29 is 19.1 Å². The zero-order valence-electron chi connectivity index (χ0n) is 16.3. The van der Waals surface area contributed by atoms with Gasteiger partial charge in [-0.15, -0.1) is 0 Å². The number of carbonyl (C=O) groups excluding carboxylic acids is 2. The number of hydrogen-bond acceptors (Lipinski definition) is 5. The van der Waals surface area contributed by atoms with Crippen LogP contribution in [0.4, 0.5) is 10.5 Å². The molecule has 29 heavy (non-hydrogen) atoms. The number of hydrogen-bond donors (Lipinski definition) is 1. The van der Waals surface area contributed by atoms with E-state index in [1.54, 1.807) is 16.0 Å². The van der Waals surface area contributed by atoms with Crippen LogP contribution in [-0.4, -0.2) is 72.7 Å². The molecule has 0 unspecified atom stereocenters. The Morgan fingerprint density at radius 2 is 1.86 bits per heavy atom. The molecule has 0 bridgehead atoms. The molecule has 1 aromatic carbocycles. The minimum atomic E-state index is -0.106. The van der Waals surface area contributed by atoms with Crippen LogP contribution in [0.25, 0.3) is 0 Å². The van der Waals surface area contributed by atoms with Crippen molar-refractivity contribution in [2.75, 3.05) is 45.2 Å². The molecule has 0 radical (unpaired) electrons. The van der Waals surface area contributed by atoms with Crippen molar-refractivity contribution in [1.82, 2.24) is 14.8 Å². The number of nitrogens with zero attached hydrogens (tertiary/aromatic N) is 3. The zero-order chi connectivity index (χ0) is 20.2.